The summed E-state index contributed by atoms with van der Waals surface area (Å²) >= 11 is 3.54. The van der Waals surface area contributed by atoms with E-state index in [0.29, 0.717) is 17.9 Å². The number of rotatable bonds is 4. The van der Waals surface area contributed by atoms with Crippen LogP contribution in [-0.4, -0.2) is 27.1 Å². The van der Waals surface area contributed by atoms with Gasteiger partial charge < -0.3 is 14.2 Å². The standard InChI is InChI=1S/C20H19BrO4/c1-23-15-6-7-16-12(9-15)4-5-13(20(16)22)8-14-10-18(24-2)19(25-3)11-17(14)21/h6-11H,4-5H2,1-3H3/b13-8-. The Kier molecular flexibility index (Phi) is 5.13. The van der Waals surface area contributed by atoms with Crippen LogP contribution in [0.15, 0.2) is 40.4 Å². The molecule has 1 aliphatic carbocycles. The van der Waals surface area contributed by atoms with Gasteiger partial charge in [-0.3, -0.25) is 4.79 Å². The van der Waals surface area contributed by atoms with Crippen LogP contribution in [0.2, 0.25) is 0 Å². The highest BCUT2D eigenvalue weighted by Crippen LogP contribution is 2.36. The average Bonchev–Trinajstić information content (AvgIpc) is 2.64. The van der Waals surface area contributed by atoms with E-state index in [0.717, 1.165) is 38.9 Å². The highest BCUT2D eigenvalue weighted by molar-refractivity contribution is 9.10. The molecule has 2 aromatic rings. The van der Waals surface area contributed by atoms with Gasteiger partial charge in [0.25, 0.3) is 0 Å². The number of hydrogen-bond acceptors (Lipinski definition) is 4. The van der Waals surface area contributed by atoms with Crippen molar-refractivity contribution >= 4 is 27.8 Å². The minimum Gasteiger partial charge on any atom is -0.497 e. The zero-order chi connectivity index (χ0) is 18.0. The number of allylic oxidation sites excluding steroid dienone is 1. The van der Waals surface area contributed by atoms with Crippen LogP contribution in [0.25, 0.3) is 6.08 Å². The second-order valence-electron chi connectivity index (χ2n) is 5.75. The SMILES string of the molecule is COc1ccc2c(c1)CC/C(=C/c1cc(OC)c(OC)cc1Br)C2=O. The van der Waals surface area contributed by atoms with E-state index in [-0.39, 0.29) is 5.78 Å². The summed E-state index contributed by atoms with van der Waals surface area (Å²) < 4.78 is 16.7. The molecule has 0 spiro atoms. The number of aryl methyl sites for hydroxylation is 1. The molecule has 5 heteroatoms. The van der Waals surface area contributed by atoms with Gasteiger partial charge in [-0.15, -0.1) is 0 Å². The summed E-state index contributed by atoms with van der Waals surface area (Å²) in [5, 5.41) is 0. The number of benzene rings is 2. The van der Waals surface area contributed by atoms with Crippen molar-refractivity contribution in [3.63, 3.8) is 0 Å². The van der Waals surface area contributed by atoms with Crippen LogP contribution in [0.1, 0.15) is 27.9 Å². The molecule has 25 heavy (non-hydrogen) atoms. The van der Waals surface area contributed by atoms with Gasteiger partial charge in [0.15, 0.2) is 17.3 Å². The third kappa shape index (κ3) is 3.42. The number of halogens is 1. The summed E-state index contributed by atoms with van der Waals surface area (Å²) in [4.78, 5) is 12.8. The molecular weight excluding hydrogens is 384 g/mol. The number of methoxy groups -OCH3 is 3. The molecule has 1 aliphatic rings. The van der Waals surface area contributed by atoms with Crippen molar-refractivity contribution in [2.24, 2.45) is 0 Å². The zero-order valence-corrected chi connectivity index (χ0v) is 16.0. The van der Waals surface area contributed by atoms with Gasteiger partial charge in [0.2, 0.25) is 0 Å². The van der Waals surface area contributed by atoms with E-state index in [4.69, 9.17) is 14.2 Å². The van der Waals surface area contributed by atoms with Crippen molar-refractivity contribution in [2.45, 2.75) is 12.8 Å². The van der Waals surface area contributed by atoms with E-state index in [1.807, 2.05) is 36.4 Å². The quantitative estimate of drug-likeness (QED) is 0.695. The molecule has 130 valence electrons. The lowest BCUT2D eigenvalue weighted by atomic mass is 9.86. The molecule has 0 N–H and O–H groups in total. The molecule has 0 bridgehead atoms. The molecule has 0 aromatic heterocycles. The fourth-order valence-electron chi connectivity index (χ4n) is 2.99. The zero-order valence-electron chi connectivity index (χ0n) is 14.4. The second kappa shape index (κ2) is 7.31. The topological polar surface area (TPSA) is 44.8 Å². The fraction of sp³-hybridized carbons (Fsp3) is 0.250. The number of ether oxygens (including phenoxy) is 3. The molecule has 0 fully saturated rings. The Balaban J connectivity index is 1.98. The summed E-state index contributed by atoms with van der Waals surface area (Å²) in [5.41, 5.74) is 3.45. The highest BCUT2D eigenvalue weighted by atomic mass is 79.9. The van der Waals surface area contributed by atoms with Crippen molar-refractivity contribution in [3.8, 4) is 17.2 Å². The molecule has 0 unspecified atom stereocenters. The maximum Gasteiger partial charge on any atom is 0.189 e. The summed E-state index contributed by atoms with van der Waals surface area (Å²) in [5.74, 6) is 2.11. The number of carbonyl (C=O) groups is 1. The first-order valence-corrected chi connectivity index (χ1v) is 8.70. The van der Waals surface area contributed by atoms with Crippen molar-refractivity contribution in [1.29, 1.82) is 0 Å². The molecule has 0 heterocycles. The van der Waals surface area contributed by atoms with Crippen molar-refractivity contribution in [2.75, 3.05) is 21.3 Å². The van der Waals surface area contributed by atoms with Gasteiger partial charge in [-0.05, 0) is 60.4 Å². The lowest BCUT2D eigenvalue weighted by Crippen LogP contribution is -2.14. The summed E-state index contributed by atoms with van der Waals surface area (Å²) in [6, 6.07) is 9.32. The normalized spacial score (nSPS) is 15.0. The van der Waals surface area contributed by atoms with Crippen molar-refractivity contribution < 1.29 is 19.0 Å². The lowest BCUT2D eigenvalue weighted by molar-refractivity contribution is 0.102. The molecule has 4 nitrogen and oxygen atoms in total. The first kappa shape index (κ1) is 17.5. The van der Waals surface area contributed by atoms with Crippen LogP contribution in [0.3, 0.4) is 0 Å². The van der Waals surface area contributed by atoms with E-state index in [9.17, 15) is 4.79 Å². The molecule has 2 aromatic carbocycles. The van der Waals surface area contributed by atoms with Gasteiger partial charge >= 0.3 is 0 Å². The van der Waals surface area contributed by atoms with Crippen LogP contribution in [0.5, 0.6) is 17.2 Å². The predicted molar refractivity (Wildman–Crippen MR) is 101 cm³/mol. The number of ketones is 1. The van der Waals surface area contributed by atoms with E-state index in [2.05, 4.69) is 15.9 Å². The van der Waals surface area contributed by atoms with Crippen LogP contribution < -0.4 is 14.2 Å². The minimum absolute atomic E-state index is 0.0607. The first-order valence-electron chi connectivity index (χ1n) is 7.91. The Morgan fingerprint density at radius 3 is 2.36 bits per heavy atom. The van der Waals surface area contributed by atoms with E-state index in [1.165, 1.54) is 0 Å². The van der Waals surface area contributed by atoms with Gasteiger partial charge in [0.05, 0.1) is 21.3 Å². The van der Waals surface area contributed by atoms with Crippen LogP contribution in [-0.2, 0) is 6.42 Å². The Labute approximate surface area is 155 Å². The third-order valence-electron chi connectivity index (χ3n) is 4.34. The van der Waals surface area contributed by atoms with Gasteiger partial charge in [-0.25, -0.2) is 0 Å². The molecule has 0 saturated carbocycles. The van der Waals surface area contributed by atoms with Gasteiger partial charge in [-0.1, -0.05) is 15.9 Å². The smallest absolute Gasteiger partial charge is 0.189 e. The molecule has 0 amide bonds. The monoisotopic (exact) mass is 402 g/mol. The molecule has 0 radical (unpaired) electrons. The fourth-order valence-corrected chi connectivity index (χ4v) is 3.42. The van der Waals surface area contributed by atoms with Crippen LogP contribution >= 0.6 is 15.9 Å². The van der Waals surface area contributed by atoms with Crippen molar-refractivity contribution in [3.05, 3.63) is 57.1 Å². The number of fused-ring (bicyclic) bond motifs is 1. The largest absolute Gasteiger partial charge is 0.497 e. The Hall–Kier alpha value is -2.27. The van der Waals surface area contributed by atoms with Gasteiger partial charge in [0, 0.05) is 15.6 Å². The van der Waals surface area contributed by atoms with Crippen molar-refractivity contribution in [1.82, 2.24) is 0 Å². The van der Waals surface area contributed by atoms with E-state index >= 15 is 0 Å². The summed E-state index contributed by atoms with van der Waals surface area (Å²) in [6.45, 7) is 0. The third-order valence-corrected chi connectivity index (χ3v) is 5.03. The molecule has 0 aliphatic heterocycles. The maximum absolute atomic E-state index is 12.8. The molecular formula is C20H19BrO4. The number of carbonyl (C=O) groups excluding carboxylic acids is 1. The Morgan fingerprint density at radius 2 is 1.68 bits per heavy atom. The Morgan fingerprint density at radius 1 is 0.960 bits per heavy atom. The average molecular weight is 403 g/mol. The molecule has 0 saturated heterocycles. The minimum atomic E-state index is 0.0607. The van der Waals surface area contributed by atoms with Gasteiger partial charge in [-0.2, -0.15) is 0 Å². The van der Waals surface area contributed by atoms with E-state index < -0.39 is 0 Å². The maximum atomic E-state index is 12.8. The van der Waals surface area contributed by atoms with Crippen LogP contribution in [0, 0.1) is 0 Å². The summed E-state index contributed by atoms with van der Waals surface area (Å²) in [7, 11) is 4.82. The second-order valence-corrected chi connectivity index (χ2v) is 6.60. The number of hydrogen-bond donors (Lipinski definition) is 0. The highest BCUT2D eigenvalue weighted by Gasteiger charge is 2.22. The first-order chi connectivity index (χ1) is 12.1. The lowest BCUT2D eigenvalue weighted by Gasteiger charge is -2.18. The molecule has 3 rings (SSSR count). The Bertz CT molecular complexity index is 855. The summed E-state index contributed by atoms with van der Waals surface area (Å²) in [6.07, 6.45) is 3.43. The van der Waals surface area contributed by atoms with Crippen LogP contribution in [0.4, 0.5) is 0 Å². The predicted octanol–water partition coefficient (Wildman–Crippen LogP) is 4.69. The van der Waals surface area contributed by atoms with E-state index in [1.54, 1.807) is 21.3 Å². The number of Topliss-reactive ketones (excluding diaryl/α,β-unsaturated/α-hetero) is 1. The van der Waals surface area contributed by atoms with Gasteiger partial charge in [0.1, 0.15) is 5.75 Å². The molecule has 0 atom stereocenters.